The fourth-order valence-electron chi connectivity index (χ4n) is 16.0. The fraction of sp³-hybridized carbons (Fsp3) is 0.632. The Hall–Kier alpha value is -13.8. The predicted octanol–water partition coefficient (Wildman–Crippen LogP) is -5.43. The van der Waals surface area contributed by atoms with E-state index < -0.39 is 238 Å². The summed E-state index contributed by atoms with van der Waals surface area (Å²) in [5, 5.41) is 99.2. The number of ether oxygens (including phenoxy) is 2. The normalized spacial score (nSPS) is 18.1. The lowest BCUT2D eigenvalue weighted by atomic mass is 10.0. The Morgan fingerprint density at radius 2 is 1.17 bits per heavy atom. The summed E-state index contributed by atoms with van der Waals surface area (Å²) in [6.45, 7) is -2.62. The summed E-state index contributed by atoms with van der Waals surface area (Å²) in [5.74, 6) is -15.5. The van der Waals surface area contributed by atoms with Gasteiger partial charge in [-0.3, -0.25) is 101 Å². The largest absolute Gasteiger partial charge is 0.480 e. The van der Waals surface area contributed by atoms with Gasteiger partial charge < -0.3 is 142 Å². The number of carboxylic acids is 2. The van der Waals surface area contributed by atoms with Crippen molar-refractivity contribution in [1.82, 2.24) is 110 Å². The number of guanidine groups is 1. The highest BCUT2D eigenvalue weighted by Crippen LogP contribution is 2.24. The van der Waals surface area contributed by atoms with Crippen molar-refractivity contribution < 1.29 is 126 Å². The van der Waals surface area contributed by atoms with Crippen molar-refractivity contribution in [2.45, 2.75) is 279 Å². The van der Waals surface area contributed by atoms with Crippen molar-refractivity contribution in [2.24, 2.45) is 27.9 Å². The molecule has 0 aliphatic carbocycles. The summed E-state index contributed by atoms with van der Waals surface area (Å²) < 4.78 is 10.7. The number of nitrogens with zero attached hydrogens (tertiary/aromatic N) is 6. The van der Waals surface area contributed by atoms with Gasteiger partial charge in [-0.1, -0.05) is 144 Å². The smallest absolute Gasteiger partial charge is 0.317 e. The number of hydrogen-bond acceptors (Lipinski definition) is 30. The third-order valence-electron chi connectivity index (χ3n) is 23.9. The van der Waals surface area contributed by atoms with Crippen molar-refractivity contribution in [3.8, 4) is 0 Å². The van der Waals surface area contributed by atoms with Crippen LogP contribution in [0.5, 0.6) is 0 Å². The third-order valence-corrected chi connectivity index (χ3v) is 23.9. The molecule has 0 saturated carbocycles. The Balaban J connectivity index is 0.000000536. The van der Waals surface area contributed by atoms with Gasteiger partial charge in [0.25, 0.3) is 0 Å². The maximum atomic E-state index is 14.4. The minimum Gasteiger partial charge on any atom is -0.480 e. The average Bonchev–Trinajstić information content (AvgIpc) is 1.67. The van der Waals surface area contributed by atoms with Gasteiger partial charge in [0.05, 0.1) is 77.4 Å². The van der Waals surface area contributed by atoms with Crippen LogP contribution in [0, 0.1) is 0 Å². The molecule has 0 unspecified atom stereocenters. The first kappa shape index (κ1) is 124. The number of aromatic nitrogens is 5. The molecule has 2 aliphatic heterocycles. The number of aryl methyl sites for hydroxylation is 1. The number of unbranched alkanes of at least 4 members (excludes halogenated alkanes) is 13. The van der Waals surface area contributed by atoms with Gasteiger partial charge in [-0.2, -0.15) is 5.21 Å². The van der Waals surface area contributed by atoms with E-state index in [-0.39, 0.29) is 115 Å². The van der Waals surface area contributed by atoms with E-state index in [1.807, 2.05) is 31.2 Å². The molecule has 6 rings (SSSR count). The zero-order chi connectivity index (χ0) is 108. The Labute approximate surface area is 851 Å². The monoisotopic (exact) mass is 2070 g/mol. The van der Waals surface area contributed by atoms with Crippen LogP contribution in [0.15, 0.2) is 65.8 Å². The third kappa shape index (κ3) is 50.2. The Morgan fingerprint density at radius 1 is 0.585 bits per heavy atom. The molecule has 52 heteroatoms. The fourth-order valence-corrected chi connectivity index (χ4v) is 16.0. The van der Waals surface area contributed by atoms with Crippen LogP contribution in [0.3, 0.4) is 0 Å². The standard InChI is InChI=1S/C52H90N14O18.C43H60N12O8/c1-3-4-18-36(35(2)69)58-50(80)38(27-55-45(73)29-66(30-47(75)76)31-48(77)78)60-52(82)40(33-68)61-49(79)37(21-22-41(53)70)59-51(81)39(32-67)57-44(72)28-56-46(74)34-84-26-25-83-24-23-54-43(71)20-17-15-13-11-9-7-5-6-8-10-12-14-16-19-42-62-64-65-63-42;1-47-32-16-17-36(57)48-18-8-7-14-30(37(44)58)51-40(61)34(21-26-23-50-29-13-6-5-12-28(26)29)53-38(59)31(15-9-19-49-43(45)46)52-39(60)33(20-25-10-3-2-4-11-25)54-41(62)35-22-27(56)24-55(35)42(32)63/h36-40,67-68H,3-34H2,1-2H3,(H2,53,70)(H,54,71)(H,55,73)(H,56,74)(H,57,72)(H,58,80)(H,59,81)(H,60,82)(H,61,79)(H,75,76)(H,77,78)(H,62,63,64,65);2-6,10-13,23,27,30-35,47,50,56H,7-9,14-22,24H2,1H3,(H2,44,58)(H,48,57)(H,51,61)(H,52,60)(H,53,59)(H,54,62)(H4,45,46,49)/t36-,37-,38-,39-,40-;27-,30+,31+,32+,33-,34+,35+/m01/s1. The Kier molecular flexibility index (Phi) is 58.9. The summed E-state index contributed by atoms with van der Waals surface area (Å²) >= 11 is 0. The highest BCUT2D eigenvalue weighted by molar-refractivity contribution is 6.00. The zero-order valence-electron chi connectivity index (χ0n) is 83.8. The molecular weight excluding hydrogens is 1920 g/mol. The lowest BCUT2D eigenvalue weighted by Gasteiger charge is -2.30. The van der Waals surface area contributed by atoms with Crippen LogP contribution in [-0.2, 0) is 120 Å². The van der Waals surface area contributed by atoms with E-state index in [0.29, 0.717) is 49.8 Å². The molecule has 0 spiro atoms. The van der Waals surface area contributed by atoms with Crippen molar-refractivity contribution in [1.29, 1.82) is 0 Å². The number of primary amides is 2. The van der Waals surface area contributed by atoms with Crippen LogP contribution >= 0.6 is 0 Å². The first-order chi connectivity index (χ1) is 70.4. The molecular formula is C95H150N26O26. The van der Waals surface area contributed by atoms with Gasteiger partial charge in [0.15, 0.2) is 17.6 Å². The van der Waals surface area contributed by atoms with Gasteiger partial charge in [0.1, 0.15) is 61.0 Å². The van der Waals surface area contributed by atoms with E-state index in [9.17, 15) is 106 Å². The zero-order valence-corrected chi connectivity index (χ0v) is 83.8. The molecule has 2 aliphatic rings. The number of Topliss-reactive ketones (excluding diaryl/α,β-unsaturated/α-hetero) is 1. The second-order valence-electron chi connectivity index (χ2n) is 35.9. The van der Waals surface area contributed by atoms with Gasteiger partial charge >= 0.3 is 11.9 Å². The van der Waals surface area contributed by atoms with Crippen LogP contribution in [0.2, 0.25) is 0 Å². The topological polar surface area (TPSA) is 806 Å². The van der Waals surface area contributed by atoms with Crippen LogP contribution in [0.1, 0.15) is 204 Å². The molecule has 0 radical (unpaired) electrons. The minimum atomic E-state index is -1.90. The number of aromatic amines is 2. The number of carboxylic acid groups (broad SMARTS) is 2. The van der Waals surface area contributed by atoms with Gasteiger partial charge in [-0.15, -0.1) is 10.2 Å². The minimum absolute atomic E-state index is 0.00470. The SMILES string of the molecule is CCCC[C@H](NC(=O)[C@H](CNC(=O)CN(CC(=O)O)CC(=O)O)NC(=O)[C@H](CO)NC(=O)[C@H](CCC(N)=O)NC(=O)[C@H](CO)NC(=O)CNC(=O)COCCOCCNC(=O)CCCCCCCCCCCCCCCc1nn[nH]n1)C(C)=O.CN[C@H]1CCC(=O)NCCCC[C@@H](C(N)=O)NC(=O)[C@H](Cc2c[nH]c3ccccc23)NC(=O)[C@H](CCCN=C(N)N)NC(=O)[C@@H](Cc2ccccc2)NC(=O)[C@@H]2C[C@@H](O)CN2C1=O. The van der Waals surface area contributed by atoms with Crippen LogP contribution in [0.25, 0.3) is 10.9 Å². The lowest BCUT2D eigenvalue weighted by molar-refractivity contribution is -0.143. The number of benzene rings is 2. The number of para-hydroxylation sites is 1. The molecule has 2 fully saturated rings. The molecule has 0 bridgehead atoms. The number of fused-ring (bicyclic) bond motifs is 2. The van der Waals surface area contributed by atoms with Crippen molar-refractivity contribution >= 4 is 129 Å². The average molecular weight is 2070 g/mol. The Bertz CT molecular complexity index is 4860. The van der Waals surface area contributed by atoms with Gasteiger partial charge in [0, 0.05) is 94.8 Å². The number of rotatable bonds is 62. The first-order valence-electron chi connectivity index (χ1n) is 49.9. The number of ketones is 1. The number of carbonyl (C=O) groups is 19. The molecule has 147 heavy (non-hydrogen) atoms. The number of nitrogens with one attached hydrogen (secondary N) is 16. The summed E-state index contributed by atoms with van der Waals surface area (Å²) in [7, 11) is 1.55. The molecule has 4 aromatic rings. The summed E-state index contributed by atoms with van der Waals surface area (Å²) in [5.41, 5.74) is 24.3. The maximum absolute atomic E-state index is 14.4. The number of aliphatic carboxylic acids is 2. The van der Waals surface area contributed by atoms with Crippen LogP contribution < -0.4 is 97.4 Å². The molecule has 16 amide bonds. The summed E-state index contributed by atoms with van der Waals surface area (Å²) in [6, 6.07) is 1.18. The predicted molar refractivity (Wildman–Crippen MR) is 531 cm³/mol. The summed E-state index contributed by atoms with van der Waals surface area (Å²) in [6.07, 6.45) is 18.5. The second-order valence-corrected chi connectivity index (χ2v) is 35.9. The van der Waals surface area contributed by atoms with Gasteiger partial charge in [-0.05, 0) is 95.4 Å². The highest BCUT2D eigenvalue weighted by atomic mass is 16.5. The van der Waals surface area contributed by atoms with E-state index >= 15 is 0 Å². The number of aliphatic imine (C=N–C) groups is 1. The van der Waals surface area contributed by atoms with Crippen molar-refractivity contribution in [3.05, 3.63) is 77.7 Å². The number of nitrogens with two attached hydrogens (primary N) is 4. The maximum Gasteiger partial charge on any atom is 0.317 e. The summed E-state index contributed by atoms with van der Waals surface area (Å²) in [4.78, 5) is 256. The second kappa shape index (κ2) is 70.1. The van der Waals surface area contributed by atoms with Crippen molar-refractivity contribution in [2.75, 3.05) is 106 Å². The number of hydrogen-bond donors (Lipinski definition) is 25. The molecule has 2 saturated heterocycles. The van der Waals surface area contributed by atoms with E-state index in [1.165, 1.54) is 63.2 Å². The first-order valence-corrected chi connectivity index (χ1v) is 49.9. The number of tetrazole rings is 1. The number of H-pyrrole nitrogens is 2. The number of amides is 16. The number of likely N-dealkylation sites (N-methyl/N-ethyl adjacent to an activating group) is 1. The number of aliphatic hydroxyl groups is 3. The molecule has 816 valence electrons. The van der Waals surface area contributed by atoms with Gasteiger partial charge in [-0.25, -0.2) is 0 Å². The van der Waals surface area contributed by atoms with Crippen LogP contribution in [-0.4, -0.2) is 357 Å². The van der Waals surface area contributed by atoms with E-state index in [1.54, 1.807) is 43.6 Å². The number of aliphatic hydroxyl groups excluding tert-OH is 3. The van der Waals surface area contributed by atoms with Gasteiger partial charge in [0.2, 0.25) is 94.5 Å². The molecule has 29 N–H and O–H groups in total. The van der Waals surface area contributed by atoms with E-state index in [4.69, 9.17) is 42.6 Å². The van der Waals surface area contributed by atoms with E-state index in [2.05, 4.69) is 105 Å². The molecule has 12 atom stereocenters. The molecule has 52 nitrogen and oxygen atoms in total. The molecule has 2 aromatic carbocycles. The lowest BCUT2D eigenvalue weighted by Crippen LogP contribution is -2.61. The molecule has 2 aromatic heterocycles. The Morgan fingerprint density at radius 3 is 1.80 bits per heavy atom. The van der Waals surface area contributed by atoms with E-state index in [0.717, 1.165) is 60.2 Å². The highest BCUT2D eigenvalue weighted by Gasteiger charge is 2.43. The number of carbonyl (C=O) groups excluding carboxylic acids is 17. The molecule has 4 heterocycles. The quantitative estimate of drug-likeness (QED) is 0.0111. The van der Waals surface area contributed by atoms with Crippen LogP contribution in [0.4, 0.5) is 0 Å². The van der Waals surface area contributed by atoms with Crippen molar-refractivity contribution in [3.63, 3.8) is 0 Å².